The number of rotatable bonds is 2. The summed E-state index contributed by atoms with van der Waals surface area (Å²) in [6.45, 7) is 3.95. The molecule has 2 aromatic rings. The van der Waals surface area contributed by atoms with Gasteiger partial charge in [0, 0.05) is 19.8 Å². The van der Waals surface area contributed by atoms with Gasteiger partial charge >= 0.3 is 0 Å². The molecule has 0 unspecified atom stereocenters. The van der Waals surface area contributed by atoms with Gasteiger partial charge in [-0.3, -0.25) is 4.79 Å². The van der Waals surface area contributed by atoms with Crippen molar-refractivity contribution in [3.8, 4) is 0 Å². The van der Waals surface area contributed by atoms with Gasteiger partial charge in [-0.15, -0.1) is 11.3 Å². The standard InChI is InChI=1S/C13H13IN2OS/c1-7-3-4-9(5-10(7)14)16-13(17)12-6-11(15)8(2)18-12/h3-6H,15H2,1-2H3,(H,16,17). The van der Waals surface area contributed by atoms with Crippen LogP contribution in [0.25, 0.3) is 0 Å². The molecule has 1 aromatic carbocycles. The first kappa shape index (κ1) is 13.4. The van der Waals surface area contributed by atoms with Crippen LogP contribution in [0, 0.1) is 17.4 Å². The van der Waals surface area contributed by atoms with Gasteiger partial charge in [0.25, 0.3) is 5.91 Å². The zero-order valence-electron chi connectivity index (χ0n) is 10.1. The maximum absolute atomic E-state index is 12.0. The molecule has 5 heteroatoms. The molecule has 1 amide bonds. The number of hydrogen-bond acceptors (Lipinski definition) is 3. The monoisotopic (exact) mass is 372 g/mol. The van der Waals surface area contributed by atoms with Gasteiger partial charge in [0.2, 0.25) is 0 Å². The van der Waals surface area contributed by atoms with Gasteiger partial charge in [0.1, 0.15) is 0 Å². The van der Waals surface area contributed by atoms with E-state index in [1.807, 2.05) is 32.0 Å². The number of nitrogens with one attached hydrogen (secondary N) is 1. The van der Waals surface area contributed by atoms with E-state index in [1.54, 1.807) is 6.07 Å². The van der Waals surface area contributed by atoms with E-state index in [0.29, 0.717) is 10.6 Å². The maximum atomic E-state index is 12.0. The number of halogens is 1. The molecule has 2 rings (SSSR count). The fraction of sp³-hybridized carbons (Fsp3) is 0.154. The molecule has 1 heterocycles. The Labute approximate surface area is 124 Å². The summed E-state index contributed by atoms with van der Waals surface area (Å²) in [5.74, 6) is -0.112. The van der Waals surface area contributed by atoms with E-state index in [0.717, 1.165) is 14.1 Å². The van der Waals surface area contributed by atoms with Crippen LogP contribution in [-0.4, -0.2) is 5.91 Å². The highest BCUT2D eigenvalue weighted by Crippen LogP contribution is 2.25. The minimum atomic E-state index is -0.112. The van der Waals surface area contributed by atoms with Crippen LogP contribution >= 0.6 is 33.9 Å². The smallest absolute Gasteiger partial charge is 0.265 e. The van der Waals surface area contributed by atoms with Crippen LogP contribution in [0.15, 0.2) is 24.3 Å². The van der Waals surface area contributed by atoms with Crippen LogP contribution in [0.1, 0.15) is 20.1 Å². The predicted molar refractivity (Wildman–Crippen MR) is 85.3 cm³/mol. The summed E-state index contributed by atoms with van der Waals surface area (Å²) >= 11 is 3.66. The zero-order valence-corrected chi connectivity index (χ0v) is 13.1. The summed E-state index contributed by atoms with van der Waals surface area (Å²) in [5, 5.41) is 2.88. The topological polar surface area (TPSA) is 55.1 Å². The van der Waals surface area contributed by atoms with Gasteiger partial charge in [-0.05, 0) is 60.2 Å². The lowest BCUT2D eigenvalue weighted by Gasteiger charge is -2.05. The van der Waals surface area contributed by atoms with Crippen molar-refractivity contribution in [2.45, 2.75) is 13.8 Å². The predicted octanol–water partition coefficient (Wildman–Crippen LogP) is 3.80. The quantitative estimate of drug-likeness (QED) is 0.788. The summed E-state index contributed by atoms with van der Waals surface area (Å²) in [4.78, 5) is 13.6. The van der Waals surface area contributed by atoms with Crippen LogP contribution in [0.3, 0.4) is 0 Å². The van der Waals surface area contributed by atoms with E-state index < -0.39 is 0 Å². The molecule has 0 radical (unpaired) electrons. The Balaban J connectivity index is 2.18. The minimum Gasteiger partial charge on any atom is -0.398 e. The Kier molecular flexibility index (Phi) is 3.91. The molecule has 0 aliphatic heterocycles. The number of hydrogen-bond donors (Lipinski definition) is 2. The molecule has 94 valence electrons. The number of nitrogen functional groups attached to an aromatic ring is 1. The molecular formula is C13H13IN2OS. The van der Waals surface area contributed by atoms with Gasteiger partial charge in [-0.2, -0.15) is 0 Å². The number of carbonyl (C=O) groups is 1. The highest BCUT2D eigenvalue weighted by atomic mass is 127. The Morgan fingerprint density at radius 3 is 2.61 bits per heavy atom. The van der Waals surface area contributed by atoms with Crippen LogP contribution in [0.5, 0.6) is 0 Å². The van der Waals surface area contributed by atoms with Gasteiger partial charge in [0.05, 0.1) is 4.88 Å². The Hall–Kier alpha value is -1.08. The molecule has 0 saturated heterocycles. The number of anilines is 2. The molecule has 0 aliphatic carbocycles. The fourth-order valence-electron chi connectivity index (χ4n) is 1.47. The first-order valence-corrected chi connectivity index (χ1v) is 7.30. The highest BCUT2D eigenvalue weighted by Gasteiger charge is 2.11. The van der Waals surface area contributed by atoms with Crippen molar-refractivity contribution >= 4 is 51.2 Å². The zero-order chi connectivity index (χ0) is 13.3. The molecule has 0 aliphatic rings. The van der Waals surface area contributed by atoms with Crippen molar-refractivity contribution in [1.29, 1.82) is 0 Å². The van der Waals surface area contributed by atoms with Gasteiger partial charge in [-0.25, -0.2) is 0 Å². The number of aryl methyl sites for hydroxylation is 2. The number of amides is 1. The number of benzene rings is 1. The van der Waals surface area contributed by atoms with E-state index in [-0.39, 0.29) is 5.91 Å². The fourth-order valence-corrected chi connectivity index (χ4v) is 2.82. The lowest BCUT2D eigenvalue weighted by Crippen LogP contribution is -2.10. The molecule has 0 atom stereocenters. The molecule has 1 aromatic heterocycles. The van der Waals surface area contributed by atoms with Crippen LogP contribution < -0.4 is 11.1 Å². The first-order valence-electron chi connectivity index (χ1n) is 5.41. The summed E-state index contributed by atoms with van der Waals surface area (Å²) in [7, 11) is 0. The summed E-state index contributed by atoms with van der Waals surface area (Å²) in [6, 6.07) is 7.57. The number of thiophene rings is 1. The average Bonchev–Trinajstić information content (AvgIpc) is 2.65. The van der Waals surface area contributed by atoms with Crippen molar-refractivity contribution < 1.29 is 4.79 Å². The number of nitrogens with two attached hydrogens (primary N) is 1. The van der Waals surface area contributed by atoms with Crippen molar-refractivity contribution in [3.05, 3.63) is 43.2 Å². The van der Waals surface area contributed by atoms with Crippen LogP contribution in [-0.2, 0) is 0 Å². The first-order chi connectivity index (χ1) is 8.47. The van der Waals surface area contributed by atoms with Gasteiger partial charge < -0.3 is 11.1 Å². The van der Waals surface area contributed by atoms with Gasteiger partial charge in [0.15, 0.2) is 0 Å². The van der Waals surface area contributed by atoms with Crippen LogP contribution in [0.2, 0.25) is 0 Å². The summed E-state index contributed by atoms with van der Waals surface area (Å²) in [6.07, 6.45) is 0. The average molecular weight is 372 g/mol. The lowest BCUT2D eigenvalue weighted by molar-refractivity contribution is 0.103. The molecule has 3 nitrogen and oxygen atoms in total. The highest BCUT2D eigenvalue weighted by molar-refractivity contribution is 14.1. The van der Waals surface area contributed by atoms with E-state index in [9.17, 15) is 4.79 Å². The van der Waals surface area contributed by atoms with E-state index >= 15 is 0 Å². The van der Waals surface area contributed by atoms with Crippen molar-refractivity contribution in [2.75, 3.05) is 11.1 Å². The molecule has 0 spiro atoms. The second-order valence-corrected chi connectivity index (χ2v) is 6.46. The minimum absolute atomic E-state index is 0.112. The van der Waals surface area contributed by atoms with E-state index in [4.69, 9.17) is 5.73 Å². The van der Waals surface area contributed by atoms with Crippen molar-refractivity contribution in [2.24, 2.45) is 0 Å². The molecule has 0 saturated carbocycles. The normalized spacial score (nSPS) is 10.4. The van der Waals surface area contributed by atoms with Crippen LogP contribution in [0.4, 0.5) is 11.4 Å². The van der Waals surface area contributed by atoms with E-state index in [1.165, 1.54) is 16.9 Å². The Morgan fingerprint density at radius 2 is 2.06 bits per heavy atom. The summed E-state index contributed by atoms with van der Waals surface area (Å²) in [5.41, 5.74) is 8.42. The lowest BCUT2D eigenvalue weighted by atomic mass is 10.2. The third-order valence-corrected chi connectivity index (χ3v) is 4.84. The third kappa shape index (κ3) is 2.84. The second-order valence-electron chi connectivity index (χ2n) is 4.04. The summed E-state index contributed by atoms with van der Waals surface area (Å²) < 4.78 is 1.13. The van der Waals surface area contributed by atoms with Gasteiger partial charge in [-0.1, -0.05) is 6.07 Å². The SMILES string of the molecule is Cc1ccc(NC(=O)c2cc(N)c(C)s2)cc1I. The molecule has 3 N–H and O–H groups in total. The number of carbonyl (C=O) groups excluding carboxylic acids is 1. The van der Waals surface area contributed by atoms with Crippen molar-refractivity contribution in [3.63, 3.8) is 0 Å². The second kappa shape index (κ2) is 5.27. The maximum Gasteiger partial charge on any atom is 0.265 e. The molecule has 0 fully saturated rings. The van der Waals surface area contributed by atoms with E-state index in [2.05, 4.69) is 27.9 Å². The largest absolute Gasteiger partial charge is 0.398 e. The van der Waals surface area contributed by atoms with Crippen molar-refractivity contribution in [1.82, 2.24) is 0 Å². The molecule has 0 bridgehead atoms. The Morgan fingerprint density at radius 1 is 1.33 bits per heavy atom. The molecule has 18 heavy (non-hydrogen) atoms. The third-order valence-electron chi connectivity index (χ3n) is 2.61. The molecular weight excluding hydrogens is 359 g/mol. The Bertz CT molecular complexity index is 588.